The molecular formula is C21H30N4O3S. The second-order valence-electron chi connectivity index (χ2n) is 8.68. The molecule has 2 aromatic rings. The van der Waals surface area contributed by atoms with Gasteiger partial charge in [0.2, 0.25) is 5.91 Å². The van der Waals surface area contributed by atoms with Crippen LogP contribution in [0.25, 0.3) is 4.96 Å². The molecule has 2 aromatic heterocycles. The van der Waals surface area contributed by atoms with Gasteiger partial charge in [-0.15, -0.1) is 11.3 Å². The number of ether oxygens (including phenoxy) is 2. The first-order chi connectivity index (χ1) is 14.1. The molecule has 0 bridgehead atoms. The van der Waals surface area contributed by atoms with E-state index in [1.54, 1.807) is 11.3 Å². The fourth-order valence-electron chi connectivity index (χ4n) is 4.98. The Balaban J connectivity index is 1.11. The number of carbonyl (C=O) groups excluding carboxylic acids is 1. The summed E-state index contributed by atoms with van der Waals surface area (Å²) in [5, 5.41) is 5.14. The summed E-state index contributed by atoms with van der Waals surface area (Å²) in [6.07, 6.45) is 8.08. The molecule has 158 valence electrons. The van der Waals surface area contributed by atoms with Gasteiger partial charge in [-0.2, -0.15) is 0 Å². The predicted molar refractivity (Wildman–Crippen MR) is 111 cm³/mol. The average Bonchev–Trinajstić information content (AvgIpc) is 3.50. The molecule has 3 aliphatic heterocycles. The van der Waals surface area contributed by atoms with E-state index in [1.807, 2.05) is 0 Å². The minimum atomic E-state index is -0.254. The maximum Gasteiger partial charge on any atom is 0.249 e. The summed E-state index contributed by atoms with van der Waals surface area (Å²) in [4.78, 5) is 20.4. The number of nitrogens with one attached hydrogen (secondary N) is 1. The third-order valence-corrected chi connectivity index (χ3v) is 7.52. The summed E-state index contributed by atoms with van der Waals surface area (Å²) in [7, 11) is 0. The Hall–Kier alpha value is -1.48. The zero-order valence-corrected chi connectivity index (χ0v) is 17.9. The zero-order valence-electron chi connectivity index (χ0n) is 17.1. The molecule has 5 rings (SSSR count). The molecule has 5 heterocycles. The number of imidazole rings is 1. The highest BCUT2D eigenvalue weighted by Crippen LogP contribution is 2.39. The number of thiazole rings is 1. The second kappa shape index (κ2) is 7.98. The molecule has 0 saturated carbocycles. The molecule has 29 heavy (non-hydrogen) atoms. The lowest BCUT2D eigenvalue weighted by Gasteiger charge is -2.39. The van der Waals surface area contributed by atoms with Crippen molar-refractivity contribution in [3.05, 3.63) is 23.0 Å². The maximum atomic E-state index is 12.2. The number of piperidine rings is 1. The van der Waals surface area contributed by atoms with Crippen LogP contribution < -0.4 is 5.32 Å². The highest BCUT2D eigenvalue weighted by Gasteiger charge is 2.42. The summed E-state index contributed by atoms with van der Waals surface area (Å²) in [5.41, 5.74) is 2.44. The van der Waals surface area contributed by atoms with Crippen molar-refractivity contribution in [3.63, 3.8) is 0 Å². The van der Waals surface area contributed by atoms with Crippen molar-refractivity contribution < 1.29 is 14.3 Å². The third kappa shape index (κ3) is 3.95. The number of carbonyl (C=O) groups is 1. The zero-order chi connectivity index (χ0) is 19.8. The molecule has 1 spiro atoms. The highest BCUT2D eigenvalue weighted by molar-refractivity contribution is 7.15. The van der Waals surface area contributed by atoms with Crippen LogP contribution in [0.2, 0.25) is 0 Å². The Morgan fingerprint density at radius 3 is 3.00 bits per heavy atom. The average molecular weight is 419 g/mol. The van der Waals surface area contributed by atoms with E-state index in [-0.39, 0.29) is 23.7 Å². The van der Waals surface area contributed by atoms with Crippen LogP contribution in [-0.4, -0.2) is 64.2 Å². The van der Waals surface area contributed by atoms with E-state index in [1.165, 1.54) is 5.69 Å². The molecule has 3 saturated heterocycles. The van der Waals surface area contributed by atoms with E-state index < -0.39 is 0 Å². The lowest BCUT2D eigenvalue weighted by atomic mass is 9.88. The number of aromatic nitrogens is 2. The largest absolute Gasteiger partial charge is 0.370 e. The Morgan fingerprint density at radius 1 is 1.34 bits per heavy atom. The number of amides is 1. The molecule has 7 nitrogen and oxygen atoms in total. The summed E-state index contributed by atoms with van der Waals surface area (Å²) in [5.74, 6) is 0.0257. The minimum absolute atomic E-state index is 0.0000858. The monoisotopic (exact) mass is 418 g/mol. The normalized spacial score (nSPS) is 27.2. The van der Waals surface area contributed by atoms with Gasteiger partial charge in [-0.25, -0.2) is 4.98 Å². The Morgan fingerprint density at radius 2 is 2.21 bits per heavy atom. The van der Waals surface area contributed by atoms with Crippen LogP contribution in [0.15, 0.2) is 11.6 Å². The molecule has 0 aliphatic carbocycles. The van der Waals surface area contributed by atoms with Crippen molar-refractivity contribution in [2.45, 2.75) is 69.8 Å². The first-order valence-electron chi connectivity index (χ1n) is 10.8. The quantitative estimate of drug-likeness (QED) is 0.808. The Labute approximate surface area is 175 Å². The number of hydrogen-bond acceptors (Lipinski definition) is 6. The number of likely N-dealkylation sites (tertiary alicyclic amines) is 1. The molecule has 2 atom stereocenters. The van der Waals surface area contributed by atoms with E-state index in [0.717, 1.165) is 68.8 Å². The van der Waals surface area contributed by atoms with Crippen LogP contribution in [0.4, 0.5) is 0 Å². The van der Waals surface area contributed by atoms with Gasteiger partial charge in [0, 0.05) is 44.4 Å². The van der Waals surface area contributed by atoms with Gasteiger partial charge in [0.15, 0.2) is 4.96 Å². The van der Waals surface area contributed by atoms with Crippen molar-refractivity contribution in [2.24, 2.45) is 0 Å². The van der Waals surface area contributed by atoms with Crippen LogP contribution in [0.3, 0.4) is 0 Å². The topological polar surface area (TPSA) is 68.1 Å². The van der Waals surface area contributed by atoms with Gasteiger partial charge >= 0.3 is 0 Å². The van der Waals surface area contributed by atoms with Crippen molar-refractivity contribution in [1.29, 1.82) is 0 Å². The summed E-state index contributed by atoms with van der Waals surface area (Å²) in [6.45, 7) is 6.46. The van der Waals surface area contributed by atoms with Crippen LogP contribution in [0.1, 0.15) is 49.9 Å². The molecule has 3 fully saturated rings. The summed E-state index contributed by atoms with van der Waals surface area (Å²) >= 11 is 1.69. The number of aryl methyl sites for hydroxylation is 1. The van der Waals surface area contributed by atoms with Crippen molar-refractivity contribution in [1.82, 2.24) is 19.6 Å². The van der Waals surface area contributed by atoms with E-state index >= 15 is 0 Å². The summed E-state index contributed by atoms with van der Waals surface area (Å²) < 4.78 is 14.2. The Bertz CT molecular complexity index is 865. The van der Waals surface area contributed by atoms with E-state index in [9.17, 15) is 4.79 Å². The Kier molecular flexibility index (Phi) is 5.36. The molecule has 0 aromatic carbocycles. The van der Waals surface area contributed by atoms with Crippen molar-refractivity contribution >= 4 is 22.2 Å². The molecule has 3 aliphatic rings. The first kappa shape index (κ1) is 19.5. The highest BCUT2D eigenvalue weighted by atomic mass is 32.1. The van der Waals surface area contributed by atoms with Gasteiger partial charge in [-0.1, -0.05) is 0 Å². The standard InChI is InChI=1S/C21H30N4O3S/c1-15-17(25-10-12-29-20(25)23-15)14-24-8-6-21(7-9-24)5-4-16(28-21)13-22-19(26)18-3-2-11-27-18/h10,12,16,18H,2-9,11,13-14H2,1H3,(H,22,26). The maximum absolute atomic E-state index is 12.2. The number of nitrogens with zero attached hydrogens (tertiary/aromatic N) is 3. The van der Waals surface area contributed by atoms with E-state index in [2.05, 4.69) is 38.1 Å². The number of rotatable bonds is 5. The summed E-state index contributed by atoms with van der Waals surface area (Å²) in [6, 6.07) is 0. The number of hydrogen-bond donors (Lipinski definition) is 1. The predicted octanol–water partition coefficient (Wildman–Crippen LogP) is 2.51. The van der Waals surface area contributed by atoms with Crippen molar-refractivity contribution in [3.8, 4) is 0 Å². The fourth-order valence-corrected chi connectivity index (χ4v) is 5.76. The molecule has 1 amide bonds. The van der Waals surface area contributed by atoms with Crippen LogP contribution in [0.5, 0.6) is 0 Å². The van der Waals surface area contributed by atoms with Gasteiger partial charge in [0.05, 0.1) is 23.1 Å². The van der Waals surface area contributed by atoms with Gasteiger partial charge in [0.25, 0.3) is 0 Å². The van der Waals surface area contributed by atoms with Crippen LogP contribution in [-0.2, 0) is 20.8 Å². The smallest absolute Gasteiger partial charge is 0.249 e. The van der Waals surface area contributed by atoms with Crippen LogP contribution >= 0.6 is 11.3 Å². The molecule has 2 unspecified atom stereocenters. The van der Waals surface area contributed by atoms with Gasteiger partial charge in [-0.3, -0.25) is 14.1 Å². The lowest BCUT2D eigenvalue weighted by molar-refractivity contribution is -0.131. The molecular weight excluding hydrogens is 388 g/mol. The minimum Gasteiger partial charge on any atom is -0.370 e. The third-order valence-electron chi connectivity index (χ3n) is 6.77. The fraction of sp³-hybridized carbons (Fsp3) is 0.714. The first-order valence-corrected chi connectivity index (χ1v) is 11.7. The van der Waals surface area contributed by atoms with Gasteiger partial charge in [0.1, 0.15) is 6.10 Å². The number of fused-ring (bicyclic) bond motifs is 1. The van der Waals surface area contributed by atoms with Crippen molar-refractivity contribution in [2.75, 3.05) is 26.2 Å². The molecule has 1 N–H and O–H groups in total. The SMILES string of the molecule is Cc1nc2sccn2c1CN1CCC2(CCC(CNC(=O)C3CCCO3)O2)CC1. The van der Waals surface area contributed by atoms with E-state index in [4.69, 9.17) is 9.47 Å². The molecule has 8 heteroatoms. The van der Waals surface area contributed by atoms with Gasteiger partial charge < -0.3 is 14.8 Å². The lowest BCUT2D eigenvalue weighted by Crippen LogP contribution is -2.45. The van der Waals surface area contributed by atoms with Gasteiger partial charge in [-0.05, 0) is 45.4 Å². The second-order valence-corrected chi connectivity index (χ2v) is 9.56. The van der Waals surface area contributed by atoms with Crippen LogP contribution in [0, 0.1) is 6.92 Å². The van der Waals surface area contributed by atoms with E-state index in [0.29, 0.717) is 13.2 Å². The molecule has 0 radical (unpaired) electrons.